The first-order valence-corrected chi connectivity index (χ1v) is 5.58. The number of anilines is 2. The number of para-hydroxylation sites is 1. The van der Waals surface area contributed by atoms with E-state index in [4.69, 9.17) is 5.84 Å². The van der Waals surface area contributed by atoms with Crippen LogP contribution in [-0.4, -0.2) is 17.9 Å². The van der Waals surface area contributed by atoms with Gasteiger partial charge in [-0.1, -0.05) is 12.1 Å². The van der Waals surface area contributed by atoms with Crippen LogP contribution >= 0.6 is 0 Å². The number of hydrogen-bond donors (Lipinski definition) is 2. The van der Waals surface area contributed by atoms with Crippen molar-refractivity contribution in [1.29, 1.82) is 0 Å². The zero-order valence-electron chi connectivity index (χ0n) is 10.3. The van der Waals surface area contributed by atoms with E-state index in [1.165, 1.54) is 30.3 Å². The van der Waals surface area contributed by atoms with Crippen LogP contribution in [0.25, 0.3) is 0 Å². The molecule has 3 N–H and O–H groups in total. The van der Waals surface area contributed by atoms with Crippen molar-refractivity contribution in [2.45, 2.75) is 0 Å². The molecular weight excluding hydrogens is 247 g/mol. The van der Waals surface area contributed by atoms with E-state index in [1.807, 2.05) is 0 Å². The van der Waals surface area contributed by atoms with Gasteiger partial charge in [-0.15, -0.1) is 0 Å². The molecule has 5 nitrogen and oxygen atoms in total. The fraction of sp³-hybridized carbons (Fsp3) is 0.0769. The van der Waals surface area contributed by atoms with Crippen LogP contribution in [0.2, 0.25) is 0 Å². The number of aromatic nitrogens is 1. The molecule has 0 spiro atoms. The van der Waals surface area contributed by atoms with Crippen molar-refractivity contribution in [3.8, 4) is 0 Å². The summed E-state index contributed by atoms with van der Waals surface area (Å²) >= 11 is 0. The predicted molar refractivity (Wildman–Crippen MR) is 71.2 cm³/mol. The summed E-state index contributed by atoms with van der Waals surface area (Å²) in [4.78, 5) is 17.3. The normalized spacial score (nSPS) is 10.1. The number of rotatable bonds is 3. The lowest BCUT2D eigenvalue weighted by Gasteiger charge is -2.17. The molecule has 2 rings (SSSR count). The number of hydrogen-bond acceptors (Lipinski definition) is 4. The minimum atomic E-state index is -0.452. The van der Waals surface area contributed by atoms with E-state index < -0.39 is 5.82 Å². The topological polar surface area (TPSA) is 71.2 Å². The Kier molecular flexibility index (Phi) is 3.72. The van der Waals surface area contributed by atoms with Gasteiger partial charge in [0.05, 0.1) is 11.3 Å². The second kappa shape index (κ2) is 5.45. The van der Waals surface area contributed by atoms with Gasteiger partial charge in [0.2, 0.25) is 0 Å². The third-order valence-electron chi connectivity index (χ3n) is 2.68. The van der Waals surface area contributed by atoms with Crippen LogP contribution < -0.4 is 16.2 Å². The molecule has 0 atom stereocenters. The molecule has 1 amide bonds. The number of hydrazine groups is 1. The molecule has 0 aliphatic carbocycles. The summed E-state index contributed by atoms with van der Waals surface area (Å²) in [6, 6.07) is 9.22. The number of amides is 1. The van der Waals surface area contributed by atoms with Crippen LogP contribution in [-0.2, 0) is 0 Å². The van der Waals surface area contributed by atoms with Gasteiger partial charge in [0.1, 0.15) is 11.6 Å². The van der Waals surface area contributed by atoms with Crippen LogP contribution in [0, 0.1) is 5.82 Å². The average Bonchev–Trinajstić information content (AvgIpc) is 2.46. The van der Waals surface area contributed by atoms with Crippen LogP contribution in [0.5, 0.6) is 0 Å². The van der Waals surface area contributed by atoms with Gasteiger partial charge in [-0.2, -0.15) is 0 Å². The summed E-state index contributed by atoms with van der Waals surface area (Å²) in [7, 11) is 1.51. The van der Waals surface area contributed by atoms with Crippen molar-refractivity contribution >= 4 is 17.4 Å². The fourth-order valence-electron chi connectivity index (χ4n) is 1.63. The van der Waals surface area contributed by atoms with Crippen LogP contribution in [0.15, 0.2) is 42.6 Å². The van der Waals surface area contributed by atoms with Crippen molar-refractivity contribution in [2.75, 3.05) is 17.4 Å². The maximum atomic E-state index is 13.6. The molecule has 1 aromatic heterocycles. The molecule has 1 aromatic carbocycles. The number of nitrogens with one attached hydrogen (secondary N) is 1. The largest absolute Gasteiger partial charge is 0.309 e. The fourth-order valence-corrected chi connectivity index (χ4v) is 1.63. The van der Waals surface area contributed by atoms with Crippen molar-refractivity contribution in [1.82, 2.24) is 4.98 Å². The Bertz CT molecular complexity index is 585. The van der Waals surface area contributed by atoms with E-state index in [9.17, 15) is 9.18 Å². The summed E-state index contributed by atoms with van der Waals surface area (Å²) in [5.41, 5.74) is 2.93. The monoisotopic (exact) mass is 260 g/mol. The first kappa shape index (κ1) is 13.0. The van der Waals surface area contributed by atoms with Crippen molar-refractivity contribution < 1.29 is 9.18 Å². The molecule has 0 fully saturated rings. The SMILES string of the molecule is CN(C(=O)c1ccc(NN)nc1)c1ccccc1F. The molecule has 1 heterocycles. The molecular formula is C13H13FN4O. The first-order valence-electron chi connectivity index (χ1n) is 5.58. The molecule has 0 saturated heterocycles. The zero-order valence-corrected chi connectivity index (χ0v) is 10.3. The number of nitrogens with two attached hydrogens (primary N) is 1. The maximum absolute atomic E-state index is 13.6. The number of nitrogens with zero attached hydrogens (tertiary/aromatic N) is 2. The highest BCUT2D eigenvalue weighted by Crippen LogP contribution is 2.19. The highest BCUT2D eigenvalue weighted by atomic mass is 19.1. The van der Waals surface area contributed by atoms with Gasteiger partial charge in [0.25, 0.3) is 5.91 Å². The first-order chi connectivity index (χ1) is 9.13. The van der Waals surface area contributed by atoms with E-state index in [1.54, 1.807) is 24.3 Å². The highest BCUT2D eigenvalue weighted by Gasteiger charge is 2.16. The highest BCUT2D eigenvalue weighted by molar-refractivity contribution is 6.05. The third kappa shape index (κ3) is 2.69. The smallest absolute Gasteiger partial charge is 0.259 e. The molecule has 0 saturated carbocycles. The van der Waals surface area contributed by atoms with E-state index in [2.05, 4.69) is 10.4 Å². The van der Waals surface area contributed by atoms with E-state index in [0.29, 0.717) is 11.4 Å². The molecule has 0 bridgehead atoms. The summed E-state index contributed by atoms with van der Waals surface area (Å²) in [6.07, 6.45) is 1.38. The Labute approximate surface area is 109 Å². The zero-order chi connectivity index (χ0) is 13.8. The lowest BCUT2D eigenvalue weighted by Crippen LogP contribution is -2.27. The lowest BCUT2D eigenvalue weighted by molar-refractivity contribution is 0.0992. The number of carbonyl (C=O) groups is 1. The molecule has 98 valence electrons. The number of halogens is 1. The number of carbonyl (C=O) groups excluding carboxylic acids is 1. The molecule has 0 unspecified atom stereocenters. The Morgan fingerprint density at radius 1 is 1.32 bits per heavy atom. The Morgan fingerprint density at radius 2 is 2.05 bits per heavy atom. The number of nitrogen functional groups attached to an aromatic ring is 1. The van der Waals surface area contributed by atoms with E-state index in [0.717, 1.165) is 0 Å². The summed E-state index contributed by atoms with van der Waals surface area (Å²) < 4.78 is 13.6. The van der Waals surface area contributed by atoms with Crippen LogP contribution in [0.4, 0.5) is 15.9 Å². The standard InChI is InChI=1S/C13H13FN4O/c1-18(11-5-3-2-4-10(11)14)13(19)9-6-7-12(17-15)16-8-9/h2-8H,15H2,1H3,(H,16,17). The Balaban J connectivity index is 2.26. The third-order valence-corrected chi connectivity index (χ3v) is 2.68. The van der Waals surface area contributed by atoms with Gasteiger partial charge < -0.3 is 10.3 Å². The lowest BCUT2D eigenvalue weighted by atomic mass is 10.2. The molecule has 0 aliphatic heterocycles. The minimum Gasteiger partial charge on any atom is -0.309 e. The van der Waals surface area contributed by atoms with Crippen LogP contribution in [0.1, 0.15) is 10.4 Å². The molecule has 0 radical (unpaired) electrons. The van der Waals surface area contributed by atoms with Crippen molar-refractivity contribution in [3.05, 3.63) is 54.0 Å². The van der Waals surface area contributed by atoms with Gasteiger partial charge in [0, 0.05) is 13.2 Å². The van der Waals surface area contributed by atoms with Gasteiger partial charge >= 0.3 is 0 Å². The van der Waals surface area contributed by atoms with Gasteiger partial charge in [-0.05, 0) is 24.3 Å². The molecule has 2 aromatic rings. The Hall–Kier alpha value is -2.47. The summed E-state index contributed by atoms with van der Waals surface area (Å²) in [6.45, 7) is 0. The second-order valence-corrected chi connectivity index (χ2v) is 3.89. The molecule has 6 heteroatoms. The second-order valence-electron chi connectivity index (χ2n) is 3.89. The average molecular weight is 260 g/mol. The van der Waals surface area contributed by atoms with E-state index in [-0.39, 0.29) is 11.6 Å². The van der Waals surface area contributed by atoms with Crippen LogP contribution in [0.3, 0.4) is 0 Å². The Morgan fingerprint density at radius 3 is 2.63 bits per heavy atom. The predicted octanol–water partition coefficient (Wildman–Crippen LogP) is 1.78. The summed E-state index contributed by atoms with van der Waals surface area (Å²) in [5.74, 6) is 4.84. The van der Waals surface area contributed by atoms with Crippen molar-refractivity contribution in [3.63, 3.8) is 0 Å². The van der Waals surface area contributed by atoms with Crippen molar-refractivity contribution in [2.24, 2.45) is 5.84 Å². The van der Waals surface area contributed by atoms with Gasteiger partial charge in [-0.3, -0.25) is 4.79 Å². The van der Waals surface area contributed by atoms with E-state index >= 15 is 0 Å². The quantitative estimate of drug-likeness (QED) is 0.652. The summed E-state index contributed by atoms with van der Waals surface area (Å²) in [5, 5.41) is 0. The minimum absolute atomic E-state index is 0.216. The van der Waals surface area contributed by atoms with Gasteiger partial charge in [-0.25, -0.2) is 15.2 Å². The molecule has 19 heavy (non-hydrogen) atoms. The number of benzene rings is 1. The molecule has 0 aliphatic rings. The maximum Gasteiger partial charge on any atom is 0.259 e. The van der Waals surface area contributed by atoms with Gasteiger partial charge in [0.15, 0.2) is 0 Å². The number of pyridine rings is 1.